The molecule has 0 saturated carbocycles. The van der Waals surface area contributed by atoms with Crippen molar-refractivity contribution in [1.82, 2.24) is 5.32 Å². The maximum absolute atomic E-state index is 11.8. The number of aryl methyl sites for hydroxylation is 1. The quantitative estimate of drug-likeness (QED) is 0.773. The van der Waals surface area contributed by atoms with Gasteiger partial charge in [-0.15, -0.1) is 0 Å². The smallest absolute Gasteiger partial charge is 0.332 e. The molecular formula is C14H17BrN2O4. The van der Waals surface area contributed by atoms with E-state index in [1.807, 2.05) is 19.1 Å². The highest BCUT2D eigenvalue weighted by atomic mass is 79.9. The monoisotopic (exact) mass is 356 g/mol. The first kappa shape index (κ1) is 15.8. The fourth-order valence-corrected chi connectivity index (χ4v) is 2.39. The molecule has 1 aliphatic heterocycles. The van der Waals surface area contributed by atoms with Crippen LogP contribution in [0.25, 0.3) is 0 Å². The number of carboxylic acids is 1. The zero-order chi connectivity index (χ0) is 15.4. The molecule has 2 unspecified atom stereocenters. The molecule has 1 heterocycles. The highest BCUT2D eigenvalue weighted by molar-refractivity contribution is 9.10. The molecule has 7 heteroatoms. The number of carbonyl (C=O) groups is 2. The average Bonchev–Trinajstić information content (AvgIpc) is 2.90. The molecular weight excluding hydrogens is 340 g/mol. The molecule has 0 radical (unpaired) electrons. The van der Waals surface area contributed by atoms with Gasteiger partial charge < -0.3 is 20.5 Å². The van der Waals surface area contributed by atoms with Gasteiger partial charge in [-0.2, -0.15) is 0 Å². The summed E-state index contributed by atoms with van der Waals surface area (Å²) in [6.07, 6.45) is 0.113. The molecule has 2 rings (SSSR count). The third-order valence-corrected chi connectivity index (χ3v) is 4.18. The number of benzene rings is 1. The zero-order valence-corrected chi connectivity index (χ0v) is 13.1. The molecule has 1 aromatic rings. The van der Waals surface area contributed by atoms with Crippen molar-refractivity contribution in [2.24, 2.45) is 0 Å². The van der Waals surface area contributed by atoms with Gasteiger partial charge in [0.05, 0.1) is 6.10 Å². The Balaban J connectivity index is 1.77. The predicted octanol–water partition coefficient (Wildman–Crippen LogP) is 2.51. The van der Waals surface area contributed by atoms with Gasteiger partial charge in [0.1, 0.15) is 0 Å². The molecule has 0 bridgehead atoms. The van der Waals surface area contributed by atoms with Gasteiger partial charge in [-0.05, 0) is 43.5 Å². The number of ether oxygens (including phenoxy) is 1. The van der Waals surface area contributed by atoms with Gasteiger partial charge in [0.15, 0.2) is 6.10 Å². The predicted molar refractivity (Wildman–Crippen MR) is 81.4 cm³/mol. The van der Waals surface area contributed by atoms with Gasteiger partial charge in [0.25, 0.3) is 0 Å². The van der Waals surface area contributed by atoms with Crippen molar-refractivity contribution in [2.45, 2.75) is 32.0 Å². The summed E-state index contributed by atoms with van der Waals surface area (Å²) in [4.78, 5) is 22.5. The van der Waals surface area contributed by atoms with E-state index in [4.69, 9.17) is 9.84 Å². The Morgan fingerprint density at radius 2 is 2.19 bits per heavy atom. The number of amides is 2. The number of anilines is 1. The van der Waals surface area contributed by atoms with Gasteiger partial charge in [-0.1, -0.05) is 15.9 Å². The molecule has 1 saturated heterocycles. The second-order valence-corrected chi connectivity index (χ2v) is 5.82. The van der Waals surface area contributed by atoms with Crippen LogP contribution in [0, 0.1) is 6.92 Å². The Bertz CT molecular complexity index is 550. The van der Waals surface area contributed by atoms with Crippen LogP contribution in [-0.4, -0.2) is 35.9 Å². The minimum Gasteiger partial charge on any atom is -0.479 e. The largest absolute Gasteiger partial charge is 0.479 e. The number of urea groups is 1. The number of hydrogen-bond acceptors (Lipinski definition) is 3. The summed E-state index contributed by atoms with van der Waals surface area (Å²) in [5.41, 5.74) is 1.72. The summed E-state index contributed by atoms with van der Waals surface area (Å²) in [7, 11) is 0. The molecule has 1 aromatic carbocycles. The lowest BCUT2D eigenvalue weighted by Crippen LogP contribution is -2.35. The van der Waals surface area contributed by atoms with Crippen LogP contribution in [0.15, 0.2) is 22.7 Å². The van der Waals surface area contributed by atoms with Gasteiger partial charge in [0, 0.05) is 16.7 Å². The lowest BCUT2D eigenvalue weighted by Gasteiger charge is -2.13. The third-order valence-electron chi connectivity index (χ3n) is 3.29. The highest BCUT2D eigenvalue weighted by Crippen LogP contribution is 2.20. The van der Waals surface area contributed by atoms with E-state index in [0.717, 1.165) is 10.0 Å². The van der Waals surface area contributed by atoms with E-state index in [0.29, 0.717) is 25.1 Å². The van der Waals surface area contributed by atoms with Crippen molar-refractivity contribution >= 4 is 33.6 Å². The Kier molecular flexibility index (Phi) is 5.19. The Labute approximate surface area is 131 Å². The van der Waals surface area contributed by atoms with Gasteiger partial charge in [-0.3, -0.25) is 0 Å². The van der Waals surface area contributed by atoms with Crippen molar-refractivity contribution in [3.63, 3.8) is 0 Å². The normalized spacial score (nSPS) is 21.0. The van der Waals surface area contributed by atoms with Crippen molar-refractivity contribution in [3.8, 4) is 0 Å². The molecule has 21 heavy (non-hydrogen) atoms. The number of halogens is 1. The maximum Gasteiger partial charge on any atom is 0.332 e. The molecule has 6 nitrogen and oxygen atoms in total. The molecule has 0 spiro atoms. The lowest BCUT2D eigenvalue weighted by atomic mass is 10.2. The Hall–Kier alpha value is -1.60. The molecule has 3 N–H and O–H groups in total. The fraction of sp³-hybridized carbons (Fsp3) is 0.429. The van der Waals surface area contributed by atoms with Crippen LogP contribution in [0.5, 0.6) is 0 Å². The van der Waals surface area contributed by atoms with E-state index >= 15 is 0 Å². The molecule has 2 atom stereocenters. The number of carbonyl (C=O) groups excluding carboxylic acids is 1. The number of carboxylic acid groups (broad SMARTS) is 1. The van der Waals surface area contributed by atoms with Gasteiger partial charge in [-0.25, -0.2) is 9.59 Å². The van der Waals surface area contributed by atoms with Crippen molar-refractivity contribution in [1.29, 1.82) is 0 Å². The Morgan fingerprint density at radius 3 is 2.81 bits per heavy atom. The van der Waals surface area contributed by atoms with E-state index in [1.165, 1.54) is 0 Å². The van der Waals surface area contributed by atoms with Crippen molar-refractivity contribution < 1.29 is 19.4 Å². The SMILES string of the molecule is Cc1cc(NC(=O)NCC2CCC(C(=O)O)O2)ccc1Br. The van der Waals surface area contributed by atoms with Crippen LogP contribution >= 0.6 is 15.9 Å². The first-order valence-corrected chi connectivity index (χ1v) is 7.44. The summed E-state index contributed by atoms with van der Waals surface area (Å²) >= 11 is 3.40. The van der Waals surface area contributed by atoms with Crippen LogP contribution in [0.2, 0.25) is 0 Å². The third kappa shape index (κ3) is 4.44. The van der Waals surface area contributed by atoms with Crippen LogP contribution < -0.4 is 10.6 Å². The van der Waals surface area contributed by atoms with Crippen molar-refractivity contribution in [2.75, 3.05) is 11.9 Å². The minimum atomic E-state index is -0.952. The summed E-state index contributed by atoms with van der Waals surface area (Å²) < 4.78 is 6.29. The zero-order valence-electron chi connectivity index (χ0n) is 11.6. The minimum absolute atomic E-state index is 0.247. The number of aliphatic carboxylic acids is 1. The first-order valence-electron chi connectivity index (χ1n) is 6.65. The van der Waals surface area contributed by atoms with Gasteiger partial charge in [0.2, 0.25) is 0 Å². The highest BCUT2D eigenvalue weighted by Gasteiger charge is 2.30. The molecule has 1 fully saturated rings. The van der Waals surface area contributed by atoms with E-state index < -0.39 is 12.1 Å². The molecule has 0 aromatic heterocycles. The summed E-state index contributed by atoms with van der Waals surface area (Å²) in [6, 6.07) is 5.18. The van der Waals surface area contributed by atoms with E-state index in [-0.39, 0.29) is 12.1 Å². The molecule has 2 amide bonds. The summed E-state index contributed by atoms with van der Waals surface area (Å²) in [5, 5.41) is 14.2. The van der Waals surface area contributed by atoms with Crippen LogP contribution in [0.1, 0.15) is 18.4 Å². The van der Waals surface area contributed by atoms with E-state index in [9.17, 15) is 9.59 Å². The molecule has 114 valence electrons. The van der Waals surface area contributed by atoms with Crippen molar-refractivity contribution in [3.05, 3.63) is 28.2 Å². The summed E-state index contributed by atoms with van der Waals surface area (Å²) in [5.74, 6) is -0.952. The number of rotatable bonds is 4. The second kappa shape index (κ2) is 6.91. The Morgan fingerprint density at radius 1 is 1.43 bits per heavy atom. The van der Waals surface area contributed by atoms with Crippen LogP contribution in [0.3, 0.4) is 0 Å². The van der Waals surface area contributed by atoms with Gasteiger partial charge >= 0.3 is 12.0 Å². The first-order chi connectivity index (χ1) is 9.95. The lowest BCUT2D eigenvalue weighted by molar-refractivity contribution is -0.149. The topological polar surface area (TPSA) is 87.7 Å². The van der Waals surface area contributed by atoms with E-state index in [2.05, 4.69) is 26.6 Å². The standard InChI is InChI=1S/C14H17BrN2O4/c1-8-6-9(2-4-11(8)15)17-14(20)16-7-10-3-5-12(21-10)13(18)19/h2,4,6,10,12H,3,5,7H2,1H3,(H,18,19)(H2,16,17,20). The van der Waals surface area contributed by atoms with Crippen LogP contribution in [-0.2, 0) is 9.53 Å². The summed E-state index contributed by atoms with van der Waals surface area (Å²) in [6.45, 7) is 2.23. The number of nitrogens with one attached hydrogen (secondary N) is 2. The number of hydrogen-bond donors (Lipinski definition) is 3. The second-order valence-electron chi connectivity index (χ2n) is 4.96. The average molecular weight is 357 g/mol. The maximum atomic E-state index is 11.8. The molecule has 1 aliphatic rings. The molecule has 0 aliphatic carbocycles. The van der Waals surface area contributed by atoms with Crippen LogP contribution in [0.4, 0.5) is 10.5 Å². The fourth-order valence-electron chi connectivity index (χ4n) is 2.14. The van der Waals surface area contributed by atoms with E-state index in [1.54, 1.807) is 6.07 Å².